The first-order valence-electron chi connectivity index (χ1n) is 5.07. The lowest BCUT2D eigenvalue weighted by Crippen LogP contribution is -2.26. The van der Waals surface area contributed by atoms with Crippen LogP contribution in [0.15, 0.2) is 10.6 Å². The molecule has 0 aromatic carbocycles. The van der Waals surface area contributed by atoms with Gasteiger partial charge in [0.25, 0.3) is 0 Å². The second-order valence-corrected chi connectivity index (χ2v) is 4.99. The Morgan fingerprint density at radius 3 is 3.00 bits per heavy atom. The second-order valence-electron chi connectivity index (χ2n) is 4.53. The molecule has 0 N–H and O–H groups in total. The molecule has 0 bridgehead atoms. The molecule has 0 aromatic heterocycles. The summed E-state index contributed by atoms with van der Waals surface area (Å²) in [5.74, 6) is 0.995. The van der Waals surface area contributed by atoms with Gasteiger partial charge in [0.15, 0.2) is 0 Å². The minimum Gasteiger partial charge on any atom is -0.0595 e. The van der Waals surface area contributed by atoms with Gasteiger partial charge in [0.2, 0.25) is 0 Å². The molecule has 2 rings (SSSR count). The number of hydrogen-bond acceptors (Lipinski definition) is 0. The predicted molar refractivity (Wildman–Crippen MR) is 56.3 cm³/mol. The van der Waals surface area contributed by atoms with Crippen LogP contribution in [0.1, 0.15) is 45.4 Å². The molecule has 0 spiro atoms. The predicted octanol–water partition coefficient (Wildman–Crippen LogP) is 4.26. The van der Waals surface area contributed by atoms with Crippen molar-refractivity contribution >= 4 is 15.9 Å². The molecule has 2 atom stereocenters. The highest BCUT2D eigenvalue weighted by atomic mass is 79.9. The molecule has 0 amide bonds. The monoisotopic (exact) mass is 228 g/mol. The molecule has 0 nitrogen and oxygen atoms in total. The molecule has 12 heavy (non-hydrogen) atoms. The molecule has 0 heterocycles. The van der Waals surface area contributed by atoms with Crippen molar-refractivity contribution in [2.75, 3.05) is 0 Å². The number of allylic oxidation sites excluding steroid dienone is 1. The van der Waals surface area contributed by atoms with Crippen LogP contribution < -0.4 is 0 Å². The van der Waals surface area contributed by atoms with E-state index in [0.29, 0.717) is 5.41 Å². The summed E-state index contributed by atoms with van der Waals surface area (Å²) in [6.45, 7) is 2.47. The smallest absolute Gasteiger partial charge is 0.00798 e. The van der Waals surface area contributed by atoms with E-state index in [1.165, 1.54) is 38.5 Å². The average Bonchev–Trinajstić information content (AvgIpc) is 2.41. The molecule has 1 heteroatoms. The standard InChI is InChI=1S/C11H17Br/c1-11-7-3-2-4-9(11)5-6-10(11)8-12/h8-9H,2-7H2,1H3/b10-8+/t9?,11-/m1/s1. The normalized spacial score (nSPS) is 44.8. The summed E-state index contributed by atoms with van der Waals surface area (Å²) in [7, 11) is 0. The Morgan fingerprint density at radius 2 is 2.25 bits per heavy atom. The first kappa shape index (κ1) is 8.80. The number of rotatable bonds is 0. The fourth-order valence-electron chi connectivity index (χ4n) is 3.09. The van der Waals surface area contributed by atoms with Gasteiger partial charge in [0.05, 0.1) is 0 Å². The van der Waals surface area contributed by atoms with E-state index in [0.717, 1.165) is 5.92 Å². The van der Waals surface area contributed by atoms with Gasteiger partial charge in [-0.3, -0.25) is 0 Å². The highest BCUT2D eigenvalue weighted by molar-refractivity contribution is 9.11. The molecule has 2 saturated carbocycles. The van der Waals surface area contributed by atoms with Gasteiger partial charge in [-0.05, 0) is 42.0 Å². The summed E-state index contributed by atoms with van der Waals surface area (Å²) >= 11 is 3.51. The zero-order chi connectivity index (χ0) is 8.60. The molecule has 0 aromatic rings. The van der Waals surface area contributed by atoms with E-state index >= 15 is 0 Å². The van der Waals surface area contributed by atoms with Gasteiger partial charge < -0.3 is 0 Å². The summed E-state index contributed by atoms with van der Waals surface area (Å²) in [6.07, 6.45) is 8.59. The van der Waals surface area contributed by atoms with E-state index < -0.39 is 0 Å². The van der Waals surface area contributed by atoms with Gasteiger partial charge in [-0.25, -0.2) is 0 Å². The van der Waals surface area contributed by atoms with Crippen LogP contribution >= 0.6 is 15.9 Å². The molecule has 68 valence electrons. The largest absolute Gasteiger partial charge is 0.0595 e. The maximum atomic E-state index is 3.51. The highest BCUT2D eigenvalue weighted by Gasteiger charge is 2.43. The maximum Gasteiger partial charge on any atom is -0.00798 e. The van der Waals surface area contributed by atoms with E-state index in [2.05, 4.69) is 27.8 Å². The molecule has 0 radical (unpaired) electrons. The molecule has 2 aliphatic rings. The Labute approximate surface area is 83.6 Å². The third-order valence-electron chi connectivity index (χ3n) is 4.03. The number of hydrogen-bond donors (Lipinski definition) is 0. The van der Waals surface area contributed by atoms with E-state index in [9.17, 15) is 0 Å². The topological polar surface area (TPSA) is 0 Å². The Hall–Kier alpha value is 0.220. The van der Waals surface area contributed by atoms with Crippen molar-refractivity contribution in [1.29, 1.82) is 0 Å². The van der Waals surface area contributed by atoms with Crippen LogP contribution in [-0.4, -0.2) is 0 Å². The summed E-state index contributed by atoms with van der Waals surface area (Å²) in [5.41, 5.74) is 2.24. The lowest BCUT2D eigenvalue weighted by Gasteiger charge is -2.37. The van der Waals surface area contributed by atoms with Crippen LogP contribution in [0.5, 0.6) is 0 Å². The van der Waals surface area contributed by atoms with Gasteiger partial charge >= 0.3 is 0 Å². The lowest BCUT2D eigenvalue weighted by molar-refractivity contribution is 0.189. The summed E-state index contributed by atoms with van der Waals surface area (Å²) < 4.78 is 0. The fourth-order valence-corrected chi connectivity index (χ4v) is 3.84. The SMILES string of the molecule is C[C@@]12CCCCC1CC/C2=C\Br. The zero-order valence-corrected chi connectivity index (χ0v) is 9.36. The Kier molecular flexibility index (Phi) is 2.33. The zero-order valence-electron chi connectivity index (χ0n) is 7.78. The van der Waals surface area contributed by atoms with Crippen molar-refractivity contribution in [2.45, 2.75) is 45.4 Å². The van der Waals surface area contributed by atoms with Crippen molar-refractivity contribution < 1.29 is 0 Å². The van der Waals surface area contributed by atoms with Crippen LogP contribution in [0, 0.1) is 11.3 Å². The molecule has 1 unspecified atom stereocenters. The highest BCUT2D eigenvalue weighted by Crippen LogP contribution is 2.55. The third kappa shape index (κ3) is 1.17. The Balaban J connectivity index is 2.25. The first-order chi connectivity index (χ1) is 5.77. The van der Waals surface area contributed by atoms with Crippen molar-refractivity contribution in [2.24, 2.45) is 11.3 Å². The van der Waals surface area contributed by atoms with Gasteiger partial charge in [-0.1, -0.05) is 41.3 Å². The number of fused-ring (bicyclic) bond motifs is 1. The van der Waals surface area contributed by atoms with Crippen LogP contribution in [0.4, 0.5) is 0 Å². The third-order valence-corrected chi connectivity index (χ3v) is 4.58. The molecular weight excluding hydrogens is 212 g/mol. The average molecular weight is 229 g/mol. The molecule has 0 saturated heterocycles. The van der Waals surface area contributed by atoms with Gasteiger partial charge in [-0.2, -0.15) is 0 Å². The number of halogens is 1. The summed E-state index contributed by atoms with van der Waals surface area (Å²) in [4.78, 5) is 2.19. The van der Waals surface area contributed by atoms with Crippen molar-refractivity contribution in [3.05, 3.63) is 10.6 Å². The summed E-state index contributed by atoms with van der Waals surface area (Å²) in [5, 5.41) is 0. The van der Waals surface area contributed by atoms with Crippen molar-refractivity contribution in [1.82, 2.24) is 0 Å². The van der Waals surface area contributed by atoms with E-state index in [-0.39, 0.29) is 0 Å². The lowest BCUT2D eigenvalue weighted by atomic mass is 9.68. The minimum atomic E-state index is 0.571. The van der Waals surface area contributed by atoms with Crippen LogP contribution in [-0.2, 0) is 0 Å². The van der Waals surface area contributed by atoms with Crippen molar-refractivity contribution in [3.8, 4) is 0 Å². The van der Waals surface area contributed by atoms with Gasteiger partial charge in [-0.15, -0.1) is 0 Å². The molecular formula is C11H17Br. The Morgan fingerprint density at radius 1 is 1.42 bits per heavy atom. The first-order valence-corrected chi connectivity index (χ1v) is 5.98. The second kappa shape index (κ2) is 3.17. The van der Waals surface area contributed by atoms with Gasteiger partial charge in [0.1, 0.15) is 0 Å². The quantitative estimate of drug-likeness (QED) is 0.582. The van der Waals surface area contributed by atoms with Crippen LogP contribution in [0.2, 0.25) is 0 Å². The molecule has 2 aliphatic carbocycles. The minimum absolute atomic E-state index is 0.571. The molecule has 2 fully saturated rings. The van der Waals surface area contributed by atoms with Crippen molar-refractivity contribution in [3.63, 3.8) is 0 Å². The fraction of sp³-hybridized carbons (Fsp3) is 0.818. The van der Waals surface area contributed by atoms with E-state index in [1.807, 2.05) is 0 Å². The van der Waals surface area contributed by atoms with Crippen LogP contribution in [0.3, 0.4) is 0 Å². The van der Waals surface area contributed by atoms with Gasteiger partial charge in [0, 0.05) is 0 Å². The summed E-state index contributed by atoms with van der Waals surface area (Å²) in [6, 6.07) is 0. The van der Waals surface area contributed by atoms with E-state index in [1.54, 1.807) is 5.57 Å². The van der Waals surface area contributed by atoms with E-state index in [4.69, 9.17) is 0 Å². The Bertz CT molecular complexity index is 207. The maximum absolute atomic E-state index is 3.51. The molecule has 0 aliphatic heterocycles. The van der Waals surface area contributed by atoms with Crippen LogP contribution in [0.25, 0.3) is 0 Å².